The Balaban J connectivity index is 1.99. The van der Waals surface area contributed by atoms with Crippen LogP contribution in [0.5, 0.6) is 0 Å². The number of aromatic nitrogens is 1. The number of aliphatic carboxylic acids is 1. The Bertz CT molecular complexity index is 388. The van der Waals surface area contributed by atoms with E-state index in [0.717, 1.165) is 35.4 Å². The maximum absolute atomic E-state index is 11.3. The first-order valence-corrected chi connectivity index (χ1v) is 6.88. The number of carboxylic acid groups (broad SMARTS) is 1. The summed E-state index contributed by atoms with van der Waals surface area (Å²) in [6.45, 7) is 0.474. The molecule has 0 amide bonds. The summed E-state index contributed by atoms with van der Waals surface area (Å²) in [6.07, 6.45) is 3.55. The maximum Gasteiger partial charge on any atom is 0.311 e. The van der Waals surface area contributed by atoms with Crippen molar-refractivity contribution in [3.05, 3.63) is 9.98 Å². The molecule has 4 nitrogen and oxygen atoms in total. The van der Waals surface area contributed by atoms with Crippen molar-refractivity contribution in [2.24, 2.45) is 5.41 Å². The number of carboxylic acids is 1. The molecule has 88 valence electrons. The third kappa shape index (κ3) is 2.38. The molecular formula is C10H13BrN2O2S. The van der Waals surface area contributed by atoms with Gasteiger partial charge in [0.25, 0.3) is 0 Å². The third-order valence-electron chi connectivity index (χ3n) is 3.07. The first-order chi connectivity index (χ1) is 7.62. The molecular weight excluding hydrogens is 292 g/mol. The number of thiazole rings is 1. The van der Waals surface area contributed by atoms with E-state index in [-0.39, 0.29) is 0 Å². The Kier molecular flexibility index (Phi) is 3.49. The van der Waals surface area contributed by atoms with Crippen LogP contribution >= 0.6 is 27.3 Å². The lowest BCUT2D eigenvalue weighted by atomic mass is 9.86. The van der Waals surface area contributed by atoms with Crippen molar-refractivity contribution < 1.29 is 9.90 Å². The van der Waals surface area contributed by atoms with Crippen molar-refractivity contribution >= 4 is 38.4 Å². The average molecular weight is 305 g/mol. The minimum absolute atomic E-state index is 0.474. The number of carbonyl (C=O) groups is 1. The van der Waals surface area contributed by atoms with Crippen molar-refractivity contribution in [1.29, 1.82) is 0 Å². The van der Waals surface area contributed by atoms with Crippen molar-refractivity contribution in [2.45, 2.75) is 25.7 Å². The molecule has 2 rings (SSSR count). The van der Waals surface area contributed by atoms with Gasteiger partial charge in [-0.05, 0) is 28.8 Å². The van der Waals surface area contributed by atoms with E-state index in [1.165, 1.54) is 11.3 Å². The van der Waals surface area contributed by atoms with Gasteiger partial charge in [-0.3, -0.25) is 4.79 Å². The van der Waals surface area contributed by atoms with Crippen LogP contribution in [0.15, 0.2) is 9.98 Å². The average Bonchev–Trinajstić information content (AvgIpc) is 2.84. The van der Waals surface area contributed by atoms with Crippen molar-refractivity contribution in [3.8, 4) is 0 Å². The summed E-state index contributed by atoms with van der Waals surface area (Å²) in [6, 6.07) is 0. The Hall–Kier alpha value is -0.620. The van der Waals surface area contributed by atoms with E-state index in [0.29, 0.717) is 6.54 Å². The molecule has 16 heavy (non-hydrogen) atoms. The second-order valence-electron chi connectivity index (χ2n) is 4.12. The van der Waals surface area contributed by atoms with Gasteiger partial charge in [-0.2, -0.15) is 0 Å². The molecule has 1 fully saturated rings. The van der Waals surface area contributed by atoms with Crippen LogP contribution in [0.25, 0.3) is 0 Å². The first-order valence-electron chi connectivity index (χ1n) is 5.21. The number of rotatable bonds is 4. The Morgan fingerprint density at radius 2 is 2.31 bits per heavy atom. The molecule has 1 heterocycles. The minimum atomic E-state index is -0.687. The lowest BCUT2D eigenvalue weighted by Gasteiger charge is -2.23. The molecule has 1 saturated carbocycles. The molecule has 1 aliphatic rings. The number of nitrogens with one attached hydrogen (secondary N) is 1. The molecule has 0 bridgehead atoms. The predicted octanol–water partition coefficient (Wildman–Crippen LogP) is 2.96. The molecule has 0 spiro atoms. The van der Waals surface area contributed by atoms with E-state index in [2.05, 4.69) is 26.2 Å². The molecule has 0 radical (unpaired) electrons. The van der Waals surface area contributed by atoms with Crippen LogP contribution in [0, 0.1) is 5.41 Å². The zero-order chi connectivity index (χ0) is 11.6. The van der Waals surface area contributed by atoms with Crippen LogP contribution < -0.4 is 5.32 Å². The van der Waals surface area contributed by atoms with Crippen LogP contribution in [-0.2, 0) is 4.79 Å². The van der Waals surface area contributed by atoms with Crippen molar-refractivity contribution in [3.63, 3.8) is 0 Å². The quantitative estimate of drug-likeness (QED) is 0.898. The molecule has 0 unspecified atom stereocenters. The number of anilines is 1. The van der Waals surface area contributed by atoms with Gasteiger partial charge in [-0.25, -0.2) is 4.98 Å². The highest BCUT2D eigenvalue weighted by Crippen LogP contribution is 2.38. The molecule has 6 heteroatoms. The summed E-state index contributed by atoms with van der Waals surface area (Å²) in [7, 11) is 0. The van der Waals surface area contributed by atoms with Gasteiger partial charge in [0.05, 0.1) is 5.41 Å². The predicted molar refractivity (Wildman–Crippen MR) is 66.8 cm³/mol. The van der Waals surface area contributed by atoms with E-state index >= 15 is 0 Å². The van der Waals surface area contributed by atoms with E-state index < -0.39 is 11.4 Å². The zero-order valence-electron chi connectivity index (χ0n) is 8.70. The van der Waals surface area contributed by atoms with Crippen LogP contribution in [0.4, 0.5) is 5.13 Å². The number of hydrogen-bond acceptors (Lipinski definition) is 4. The second-order valence-corrected chi connectivity index (χ2v) is 5.79. The zero-order valence-corrected chi connectivity index (χ0v) is 11.1. The standard InChI is InChI=1S/C10H13BrN2O2S/c11-7-5-16-9(13-7)12-6-10(8(14)15)3-1-2-4-10/h5H,1-4,6H2,(H,12,13)(H,14,15). The molecule has 1 aromatic heterocycles. The van der Waals surface area contributed by atoms with Gasteiger partial charge < -0.3 is 10.4 Å². The fraction of sp³-hybridized carbons (Fsp3) is 0.600. The molecule has 0 aromatic carbocycles. The van der Waals surface area contributed by atoms with Gasteiger partial charge in [0.1, 0.15) is 4.60 Å². The lowest BCUT2D eigenvalue weighted by molar-refractivity contribution is -0.147. The summed E-state index contributed by atoms with van der Waals surface area (Å²) >= 11 is 4.75. The topological polar surface area (TPSA) is 62.2 Å². The smallest absolute Gasteiger partial charge is 0.311 e. The minimum Gasteiger partial charge on any atom is -0.481 e. The number of hydrogen-bond donors (Lipinski definition) is 2. The third-order valence-corrected chi connectivity index (χ3v) is 4.58. The van der Waals surface area contributed by atoms with Gasteiger partial charge >= 0.3 is 5.97 Å². The molecule has 1 aromatic rings. The summed E-state index contributed by atoms with van der Waals surface area (Å²) in [5.41, 5.74) is -0.585. The van der Waals surface area contributed by atoms with E-state index in [1.807, 2.05) is 5.38 Å². The normalized spacial score (nSPS) is 18.6. The first kappa shape index (κ1) is 11.9. The highest BCUT2D eigenvalue weighted by atomic mass is 79.9. The fourth-order valence-electron chi connectivity index (χ4n) is 2.10. The Morgan fingerprint density at radius 1 is 1.62 bits per heavy atom. The van der Waals surface area contributed by atoms with Crippen LogP contribution in [0.3, 0.4) is 0 Å². The molecule has 0 atom stereocenters. The summed E-state index contributed by atoms with van der Waals surface area (Å²) in [5.74, 6) is -0.687. The van der Waals surface area contributed by atoms with Crippen LogP contribution in [0.2, 0.25) is 0 Å². The van der Waals surface area contributed by atoms with Gasteiger partial charge in [-0.1, -0.05) is 12.8 Å². The highest BCUT2D eigenvalue weighted by molar-refractivity contribution is 9.10. The van der Waals surface area contributed by atoms with Crippen molar-refractivity contribution in [1.82, 2.24) is 4.98 Å². The van der Waals surface area contributed by atoms with Crippen LogP contribution in [0.1, 0.15) is 25.7 Å². The molecule has 0 aliphatic heterocycles. The van der Waals surface area contributed by atoms with Gasteiger partial charge in [0.15, 0.2) is 5.13 Å². The number of halogens is 1. The molecule has 2 N–H and O–H groups in total. The Morgan fingerprint density at radius 3 is 2.81 bits per heavy atom. The van der Waals surface area contributed by atoms with E-state index in [4.69, 9.17) is 0 Å². The van der Waals surface area contributed by atoms with Gasteiger partial charge in [-0.15, -0.1) is 11.3 Å². The largest absolute Gasteiger partial charge is 0.481 e. The van der Waals surface area contributed by atoms with E-state index in [1.54, 1.807) is 0 Å². The fourth-order valence-corrected chi connectivity index (χ4v) is 3.24. The lowest BCUT2D eigenvalue weighted by Crippen LogP contribution is -2.35. The second kappa shape index (κ2) is 4.71. The monoisotopic (exact) mass is 304 g/mol. The number of nitrogens with zero attached hydrogens (tertiary/aromatic N) is 1. The van der Waals surface area contributed by atoms with Crippen LogP contribution in [-0.4, -0.2) is 22.6 Å². The highest BCUT2D eigenvalue weighted by Gasteiger charge is 2.41. The Labute approximate surface area is 106 Å². The van der Waals surface area contributed by atoms with E-state index in [9.17, 15) is 9.90 Å². The summed E-state index contributed by atoms with van der Waals surface area (Å²) < 4.78 is 0.788. The SMILES string of the molecule is O=C(O)C1(CNc2nc(Br)cs2)CCCC1. The maximum atomic E-state index is 11.3. The summed E-state index contributed by atoms with van der Waals surface area (Å²) in [5, 5.41) is 15.1. The molecule has 1 aliphatic carbocycles. The van der Waals surface area contributed by atoms with Crippen molar-refractivity contribution in [2.75, 3.05) is 11.9 Å². The van der Waals surface area contributed by atoms with Gasteiger partial charge in [0.2, 0.25) is 0 Å². The molecule has 0 saturated heterocycles. The van der Waals surface area contributed by atoms with Gasteiger partial charge in [0, 0.05) is 11.9 Å². The summed E-state index contributed by atoms with van der Waals surface area (Å²) in [4.78, 5) is 15.5.